The van der Waals surface area contributed by atoms with Crippen LogP contribution in [0.4, 0.5) is 13.2 Å². The summed E-state index contributed by atoms with van der Waals surface area (Å²) in [4.78, 5) is 11.3. The molecule has 0 saturated carbocycles. The standard InChI is InChI=1S/C16H14F3N3O2S.Na/c1-10-13(20-7-6-14(10)24-9-16(17,18)19)8-25(23)15-21-11-4-2-3-5-12(11)22-15;/h2-7H,8-9H2,1H3,(H,21,22);. The summed E-state index contributed by atoms with van der Waals surface area (Å²) in [6, 6.07) is 8.62. The van der Waals surface area contributed by atoms with Crippen molar-refractivity contribution in [2.24, 2.45) is 0 Å². The minimum Gasteiger partial charge on any atom is -0.484 e. The summed E-state index contributed by atoms with van der Waals surface area (Å²) in [6.07, 6.45) is -3.09. The number of rotatable bonds is 5. The van der Waals surface area contributed by atoms with Gasteiger partial charge in [-0.2, -0.15) is 13.2 Å². The third kappa shape index (κ3) is 5.06. The van der Waals surface area contributed by atoms with Crippen molar-refractivity contribution in [1.82, 2.24) is 15.0 Å². The monoisotopic (exact) mass is 392 g/mol. The van der Waals surface area contributed by atoms with Crippen LogP contribution in [0.3, 0.4) is 0 Å². The molecule has 0 bridgehead atoms. The first-order valence-electron chi connectivity index (χ1n) is 7.30. The molecule has 0 aliphatic heterocycles. The first-order chi connectivity index (χ1) is 11.8. The Kier molecular flexibility index (Phi) is 6.84. The molecule has 26 heavy (non-hydrogen) atoms. The Hall–Kier alpha value is -1.42. The van der Waals surface area contributed by atoms with Gasteiger partial charge in [-0.15, -0.1) is 0 Å². The van der Waals surface area contributed by atoms with Crippen LogP contribution in [-0.4, -0.2) is 61.5 Å². The van der Waals surface area contributed by atoms with E-state index in [9.17, 15) is 17.4 Å². The molecule has 0 spiro atoms. The van der Waals surface area contributed by atoms with E-state index >= 15 is 0 Å². The zero-order chi connectivity index (χ0) is 18.0. The molecule has 0 amide bonds. The van der Waals surface area contributed by atoms with Crippen molar-refractivity contribution in [3.05, 3.63) is 47.8 Å². The fourth-order valence-corrected chi connectivity index (χ4v) is 3.35. The van der Waals surface area contributed by atoms with Gasteiger partial charge in [0, 0.05) is 41.3 Å². The van der Waals surface area contributed by atoms with Crippen molar-refractivity contribution in [2.45, 2.75) is 24.0 Å². The second kappa shape index (κ2) is 8.51. The van der Waals surface area contributed by atoms with Gasteiger partial charge < -0.3 is 9.72 Å². The van der Waals surface area contributed by atoms with Gasteiger partial charge in [-0.05, 0) is 25.1 Å². The molecule has 0 aliphatic rings. The SMILES string of the molecule is Cc1c(OCC(F)(F)F)ccnc1CS(=O)c1nc2ccccc2[nH]1.[Na]. The van der Waals surface area contributed by atoms with Crippen molar-refractivity contribution in [3.8, 4) is 5.75 Å². The van der Waals surface area contributed by atoms with Crippen LogP contribution in [0.1, 0.15) is 11.3 Å². The number of para-hydroxylation sites is 2. The van der Waals surface area contributed by atoms with Crippen LogP contribution >= 0.6 is 0 Å². The van der Waals surface area contributed by atoms with Gasteiger partial charge in [0.2, 0.25) is 0 Å². The maximum Gasteiger partial charge on any atom is 0.422 e. The van der Waals surface area contributed by atoms with Gasteiger partial charge in [0.15, 0.2) is 11.8 Å². The van der Waals surface area contributed by atoms with Crippen molar-refractivity contribution in [2.75, 3.05) is 6.61 Å². The van der Waals surface area contributed by atoms with E-state index in [1.54, 1.807) is 13.0 Å². The summed E-state index contributed by atoms with van der Waals surface area (Å²) in [5.41, 5.74) is 2.28. The first kappa shape index (κ1) is 20.9. The van der Waals surface area contributed by atoms with E-state index in [-0.39, 0.29) is 41.1 Å². The van der Waals surface area contributed by atoms with Gasteiger partial charge in [-0.1, -0.05) is 12.1 Å². The predicted molar refractivity (Wildman–Crippen MR) is 92.5 cm³/mol. The van der Waals surface area contributed by atoms with E-state index in [2.05, 4.69) is 15.0 Å². The number of ether oxygens (including phenoxy) is 1. The Labute approximate surface area is 172 Å². The van der Waals surface area contributed by atoms with Crippen molar-refractivity contribution in [1.29, 1.82) is 0 Å². The number of aromatic nitrogens is 3. The summed E-state index contributed by atoms with van der Waals surface area (Å²) >= 11 is 0. The molecule has 1 aromatic carbocycles. The number of pyridine rings is 1. The van der Waals surface area contributed by atoms with Gasteiger partial charge in [0.05, 0.1) is 33.3 Å². The van der Waals surface area contributed by atoms with Crippen LogP contribution in [0.25, 0.3) is 11.0 Å². The molecule has 3 aromatic rings. The third-order valence-electron chi connectivity index (χ3n) is 3.50. The van der Waals surface area contributed by atoms with E-state index in [1.165, 1.54) is 12.3 Å². The van der Waals surface area contributed by atoms with Crippen LogP contribution < -0.4 is 4.74 Å². The van der Waals surface area contributed by atoms with Gasteiger partial charge in [0.1, 0.15) is 5.75 Å². The third-order valence-corrected chi connectivity index (χ3v) is 4.66. The molecule has 1 N–H and O–H groups in total. The number of benzene rings is 1. The Morgan fingerprint density at radius 1 is 1.23 bits per heavy atom. The average molecular weight is 392 g/mol. The molecule has 133 valence electrons. The fourth-order valence-electron chi connectivity index (χ4n) is 2.25. The van der Waals surface area contributed by atoms with Crippen molar-refractivity contribution < 1.29 is 22.1 Å². The van der Waals surface area contributed by atoms with Crippen LogP contribution in [0, 0.1) is 6.92 Å². The Morgan fingerprint density at radius 3 is 2.65 bits per heavy atom. The molecule has 5 nitrogen and oxygen atoms in total. The summed E-state index contributed by atoms with van der Waals surface area (Å²) in [7, 11) is -1.51. The largest absolute Gasteiger partial charge is 0.484 e. The fraction of sp³-hybridized carbons (Fsp3) is 0.250. The number of hydrogen-bond acceptors (Lipinski definition) is 4. The molecule has 0 saturated heterocycles. The maximum absolute atomic E-state index is 12.5. The van der Waals surface area contributed by atoms with Gasteiger partial charge >= 0.3 is 6.18 Å². The molecule has 2 heterocycles. The number of alkyl halides is 3. The number of aromatic amines is 1. The van der Waals surface area contributed by atoms with Gasteiger partial charge in [-0.3, -0.25) is 9.19 Å². The van der Waals surface area contributed by atoms with Crippen LogP contribution in [0.2, 0.25) is 0 Å². The number of hydrogen-bond donors (Lipinski definition) is 1. The predicted octanol–water partition coefficient (Wildman–Crippen LogP) is 3.13. The number of nitrogens with one attached hydrogen (secondary N) is 1. The van der Waals surface area contributed by atoms with E-state index in [4.69, 9.17) is 4.74 Å². The van der Waals surface area contributed by atoms with Gasteiger partial charge in [-0.25, -0.2) is 4.98 Å². The number of halogens is 3. The number of nitrogens with zero attached hydrogens (tertiary/aromatic N) is 2. The zero-order valence-electron chi connectivity index (χ0n) is 14.1. The summed E-state index contributed by atoms with van der Waals surface area (Å²) < 4.78 is 54.2. The normalized spacial score (nSPS) is 12.6. The Balaban J connectivity index is 0.00000243. The molecule has 1 unspecified atom stereocenters. The quantitative estimate of drug-likeness (QED) is 0.678. The molecule has 2 aromatic heterocycles. The number of fused-ring (bicyclic) bond motifs is 1. The Bertz CT molecular complexity index is 897. The molecule has 3 rings (SSSR count). The first-order valence-corrected chi connectivity index (χ1v) is 8.62. The minimum absolute atomic E-state index is 0. The summed E-state index contributed by atoms with van der Waals surface area (Å²) in [6.45, 7) is 0.202. The molecule has 1 radical (unpaired) electrons. The smallest absolute Gasteiger partial charge is 0.422 e. The molecule has 0 aliphatic carbocycles. The Morgan fingerprint density at radius 2 is 1.96 bits per heavy atom. The minimum atomic E-state index is -4.42. The average Bonchev–Trinajstić information content (AvgIpc) is 2.99. The molecule has 0 fully saturated rings. The van der Waals surface area contributed by atoms with E-state index in [0.717, 1.165) is 5.52 Å². The zero-order valence-corrected chi connectivity index (χ0v) is 16.9. The van der Waals surface area contributed by atoms with Crippen LogP contribution in [0.5, 0.6) is 5.75 Å². The second-order valence-electron chi connectivity index (χ2n) is 5.33. The van der Waals surface area contributed by atoms with Crippen molar-refractivity contribution >= 4 is 51.4 Å². The topological polar surface area (TPSA) is 67.9 Å². The van der Waals surface area contributed by atoms with Gasteiger partial charge in [0.25, 0.3) is 0 Å². The number of H-pyrrole nitrogens is 1. The summed E-state index contributed by atoms with van der Waals surface area (Å²) in [5.74, 6) is 0.0958. The molecular formula is C16H14F3N3NaO2S. The van der Waals surface area contributed by atoms with E-state index < -0.39 is 23.6 Å². The van der Waals surface area contributed by atoms with Crippen molar-refractivity contribution in [3.63, 3.8) is 0 Å². The summed E-state index contributed by atoms with van der Waals surface area (Å²) in [5, 5.41) is 0.295. The van der Waals surface area contributed by atoms with Crippen LogP contribution in [-0.2, 0) is 16.6 Å². The second-order valence-corrected chi connectivity index (χ2v) is 6.70. The van der Waals surface area contributed by atoms with E-state index in [0.29, 0.717) is 21.9 Å². The maximum atomic E-state index is 12.5. The van der Waals surface area contributed by atoms with E-state index in [1.807, 2.05) is 18.2 Å². The molecular weight excluding hydrogens is 378 g/mol. The number of imidazole rings is 1. The van der Waals surface area contributed by atoms with Crippen LogP contribution in [0.15, 0.2) is 41.7 Å². The molecule has 10 heteroatoms. The molecule has 1 atom stereocenters.